The summed E-state index contributed by atoms with van der Waals surface area (Å²) < 4.78 is 53.9. The molecule has 11 heteroatoms. The van der Waals surface area contributed by atoms with Crippen LogP contribution in [-0.2, 0) is 6.42 Å². The zero-order valence-corrected chi connectivity index (χ0v) is 14.8. The lowest BCUT2D eigenvalue weighted by Crippen LogP contribution is -2.21. The predicted octanol–water partition coefficient (Wildman–Crippen LogP) is 5.21. The van der Waals surface area contributed by atoms with Gasteiger partial charge in [-0.3, -0.25) is 0 Å². The lowest BCUT2D eigenvalue weighted by atomic mass is 10.1. The van der Waals surface area contributed by atoms with Crippen molar-refractivity contribution >= 4 is 40.6 Å². The van der Waals surface area contributed by atoms with E-state index in [0.717, 1.165) is 12.1 Å². The second kappa shape index (κ2) is 8.64. The minimum atomic E-state index is -5.01. The van der Waals surface area contributed by atoms with Crippen LogP contribution in [0.1, 0.15) is 5.56 Å². The van der Waals surface area contributed by atoms with Gasteiger partial charge in [-0.05, 0) is 30.2 Å². The fourth-order valence-corrected chi connectivity index (χ4v) is 2.78. The van der Waals surface area contributed by atoms with Gasteiger partial charge >= 0.3 is 12.4 Å². The average molecular weight is 427 g/mol. The van der Waals surface area contributed by atoms with Gasteiger partial charge in [0.1, 0.15) is 11.6 Å². The number of carbonyl (C=O) groups excluding carboxylic acids is 1. The molecule has 0 atom stereocenters. The van der Waals surface area contributed by atoms with Gasteiger partial charge in [0.05, 0.1) is 0 Å². The highest BCUT2D eigenvalue weighted by Crippen LogP contribution is 2.30. The fraction of sp³-hybridized carbons (Fsp3) is 0.188. The van der Waals surface area contributed by atoms with Crippen LogP contribution in [0, 0.1) is 5.82 Å². The van der Waals surface area contributed by atoms with Gasteiger partial charge < -0.3 is 20.5 Å². The van der Waals surface area contributed by atoms with Crippen LogP contribution in [0.15, 0.2) is 30.3 Å². The zero-order valence-electron chi connectivity index (χ0n) is 13.3. The third-order valence-electron chi connectivity index (χ3n) is 3.13. The molecule has 2 aromatic rings. The van der Waals surface area contributed by atoms with Crippen LogP contribution in [0.25, 0.3) is 0 Å². The van der Waals surface area contributed by atoms with Gasteiger partial charge in [0.25, 0.3) is 0 Å². The summed E-state index contributed by atoms with van der Waals surface area (Å²) in [4.78, 5) is 12.1. The Morgan fingerprint density at radius 1 is 1.11 bits per heavy atom. The van der Waals surface area contributed by atoms with Crippen LogP contribution < -0.4 is 15.4 Å². The highest BCUT2D eigenvalue weighted by Gasteiger charge is 2.31. The van der Waals surface area contributed by atoms with E-state index in [2.05, 4.69) is 15.4 Å². The summed E-state index contributed by atoms with van der Waals surface area (Å²) in [6.07, 6.45) is -4.89. The minimum absolute atomic E-state index is 0.120. The molecule has 146 valence electrons. The predicted molar refractivity (Wildman–Crippen MR) is 93.0 cm³/mol. The maximum Gasteiger partial charge on any atom is 0.573 e. The van der Waals surface area contributed by atoms with Gasteiger partial charge in [0.2, 0.25) is 0 Å². The van der Waals surface area contributed by atoms with Gasteiger partial charge in [0.15, 0.2) is 0 Å². The van der Waals surface area contributed by atoms with Crippen LogP contribution in [-0.4, -0.2) is 24.1 Å². The van der Waals surface area contributed by atoms with Crippen molar-refractivity contribution in [2.75, 3.05) is 17.2 Å². The SMILES string of the molecule is O=C(Nc1cc(F)cc(OC(F)(F)F)c1)Nc1cc(Cl)cc(Cl)c1CCO. The number of rotatable bonds is 5. The van der Waals surface area contributed by atoms with Crippen molar-refractivity contribution in [3.63, 3.8) is 0 Å². The van der Waals surface area contributed by atoms with Crippen LogP contribution in [0.3, 0.4) is 0 Å². The summed E-state index contributed by atoms with van der Waals surface area (Å²) in [5.74, 6) is -1.87. The molecule has 0 saturated heterocycles. The smallest absolute Gasteiger partial charge is 0.406 e. The first-order chi connectivity index (χ1) is 12.6. The number of halogens is 6. The molecule has 5 nitrogen and oxygen atoms in total. The van der Waals surface area contributed by atoms with Crippen molar-refractivity contribution in [2.24, 2.45) is 0 Å². The first-order valence-electron chi connectivity index (χ1n) is 7.30. The molecule has 0 fully saturated rings. The summed E-state index contributed by atoms with van der Waals surface area (Å²) in [6, 6.07) is 4.04. The number of hydrogen-bond donors (Lipinski definition) is 3. The maximum atomic E-state index is 13.5. The van der Waals surface area contributed by atoms with Crippen molar-refractivity contribution in [1.29, 1.82) is 0 Å². The number of hydrogen-bond acceptors (Lipinski definition) is 3. The summed E-state index contributed by atoms with van der Waals surface area (Å²) in [6.45, 7) is -0.250. The Kier molecular flexibility index (Phi) is 6.74. The van der Waals surface area contributed by atoms with Crippen LogP contribution in [0.5, 0.6) is 5.75 Å². The van der Waals surface area contributed by atoms with Gasteiger partial charge in [-0.25, -0.2) is 9.18 Å². The molecular formula is C16H12Cl2F4N2O3. The molecule has 3 N–H and O–H groups in total. The maximum absolute atomic E-state index is 13.5. The quantitative estimate of drug-likeness (QED) is 0.574. The van der Waals surface area contributed by atoms with Crippen molar-refractivity contribution < 1.29 is 32.2 Å². The largest absolute Gasteiger partial charge is 0.573 e. The number of aliphatic hydroxyl groups excluding tert-OH is 1. The molecule has 0 aromatic heterocycles. The monoisotopic (exact) mass is 426 g/mol. The molecule has 0 spiro atoms. The Bertz CT molecular complexity index is 847. The van der Waals surface area contributed by atoms with Crippen molar-refractivity contribution in [2.45, 2.75) is 12.8 Å². The Labute approximate surface area is 160 Å². The number of alkyl halides is 3. The van der Waals surface area contributed by atoms with E-state index in [1.165, 1.54) is 12.1 Å². The van der Waals surface area contributed by atoms with E-state index >= 15 is 0 Å². The van der Waals surface area contributed by atoms with Gasteiger partial charge in [0, 0.05) is 40.2 Å². The first-order valence-corrected chi connectivity index (χ1v) is 8.06. The lowest BCUT2D eigenvalue weighted by molar-refractivity contribution is -0.274. The molecule has 2 rings (SSSR count). The van der Waals surface area contributed by atoms with E-state index in [1.54, 1.807) is 0 Å². The highest BCUT2D eigenvalue weighted by atomic mass is 35.5. The molecular weight excluding hydrogens is 415 g/mol. The Morgan fingerprint density at radius 3 is 2.44 bits per heavy atom. The first kappa shape index (κ1) is 21.1. The third kappa shape index (κ3) is 6.46. The standard InChI is InChI=1S/C16H12Cl2F4N2O3/c17-8-3-13(18)12(1-2-25)14(4-8)24-15(26)23-10-5-9(19)6-11(7-10)27-16(20,21)22/h3-7,25H,1-2H2,(H2,23,24,26). The number of urea groups is 1. The molecule has 2 aromatic carbocycles. The number of aliphatic hydroxyl groups is 1. The normalized spacial score (nSPS) is 11.2. The Balaban J connectivity index is 2.19. The summed E-state index contributed by atoms with van der Waals surface area (Å²) in [7, 11) is 0. The average Bonchev–Trinajstić information content (AvgIpc) is 2.48. The highest BCUT2D eigenvalue weighted by molar-refractivity contribution is 6.35. The van der Waals surface area contributed by atoms with E-state index in [9.17, 15) is 22.4 Å². The molecule has 0 saturated carbocycles. The van der Waals surface area contributed by atoms with Crippen molar-refractivity contribution in [1.82, 2.24) is 0 Å². The van der Waals surface area contributed by atoms with E-state index in [0.29, 0.717) is 11.6 Å². The molecule has 0 aliphatic rings. The van der Waals surface area contributed by atoms with Crippen LogP contribution in [0.2, 0.25) is 10.0 Å². The van der Waals surface area contributed by atoms with Crippen LogP contribution in [0.4, 0.5) is 33.7 Å². The van der Waals surface area contributed by atoms with E-state index in [1.807, 2.05) is 0 Å². The molecule has 2 amide bonds. The molecule has 0 bridgehead atoms. The second-order valence-corrected chi connectivity index (χ2v) is 6.03. The summed E-state index contributed by atoms with van der Waals surface area (Å²) in [5, 5.41) is 14.1. The molecule has 0 aliphatic carbocycles. The minimum Gasteiger partial charge on any atom is -0.406 e. The number of nitrogens with one attached hydrogen (secondary N) is 2. The van der Waals surface area contributed by atoms with Gasteiger partial charge in [-0.2, -0.15) is 0 Å². The van der Waals surface area contributed by atoms with Crippen molar-refractivity contribution in [3.8, 4) is 5.75 Å². The lowest BCUT2D eigenvalue weighted by Gasteiger charge is -2.14. The molecule has 0 radical (unpaired) electrons. The number of benzene rings is 2. The molecule has 0 heterocycles. The fourth-order valence-electron chi connectivity index (χ4n) is 2.19. The number of ether oxygens (including phenoxy) is 1. The van der Waals surface area contributed by atoms with Crippen molar-refractivity contribution in [3.05, 3.63) is 51.8 Å². The van der Waals surface area contributed by atoms with Gasteiger partial charge in [-0.1, -0.05) is 23.2 Å². The van der Waals surface area contributed by atoms with E-state index in [-0.39, 0.29) is 34.4 Å². The molecule has 0 aliphatic heterocycles. The van der Waals surface area contributed by atoms with E-state index in [4.69, 9.17) is 28.3 Å². The number of amides is 2. The van der Waals surface area contributed by atoms with E-state index < -0.39 is 24.0 Å². The topological polar surface area (TPSA) is 70.6 Å². The molecule has 0 unspecified atom stereocenters. The summed E-state index contributed by atoms with van der Waals surface area (Å²) >= 11 is 11.9. The third-order valence-corrected chi connectivity index (χ3v) is 3.69. The summed E-state index contributed by atoms with van der Waals surface area (Å²) in [5.41, 5.74) is 0.310. The van der Waals surface area contributed by atoms with Crippen LogP contribution >= 0.6 is 23.2 Å². The Morgan fingerprint density at radius 2 is 1.81 bits per heavy atom. The zero-order chi connectivity index (χ0) is 20.2. The molecule has 27 heavy (non-hydrogen) atoms. The number of carbonyl (C=O) groups is 1. The van der Waals surface area contributed by atoms with Gasteiger partial charge in [-0.15, -0.1) is 13.2 Å². The Hall–Kier alpha value is -2.23. The number of anilines is 2. The second-order valence-electron chi connectivity index (χ2n) is 5.19.